The zero-order chi connectivity index (χ0) is 17.8. The maximum absolute atomic E-state index is 12.3. The molecule has 0 radical (unpaired) electrons. The van der Waals surface area contributed by atoms with E-state index in [4.69, 9.17) is 13.9 Å². The Hall–Kier alpha value is -3.21. The highest BCUT2D eigenvalue weighted by atomic mass is 16.5. The van der Waals surface area contributed by atoms with E-state index in [2.05, 4.69) is 5.32 Å². The van der Waals surface area contributed by atoms with Crippen molar-refractivity contribution in [1.29, 1.82) is 0 Å². The summed E-state index contributed by atoms with van der Waals surface area (Å²) >= 11 is 0. The SMILES string of the molecule is COc1ccccc1Oc1ccc(NC(=O)c2cc(C)oc2C)cc1. The lowest BCUT2D eigenvalue weighted by Gasteiger charge is -2.10. The minimum atomic E-state index is -0.201. The summed E-state index contributed by atoms with van der Waals surface area (Å²) in [6, 6.07) is 16.3. The standard InChI is InChI=1S/C20H19NO4/c1-13-12-17(14(2)24-13)20(22)21-15-8-10-16(11-9-15)25-19-7-5-4-6-18(19)23-3/h4-12H,1-3H3,(H,21,22). The van der Waals surface area contributed by atoms with Crippen LogP contribution in [-0.4, -0.2) is 13.0 Å². The molecule has 0 atom stereocenters. The molecule has 0 aliphatic carbocycles. The Labute approximate surface area is 146 Å². The van der Waals surface area contributed by atoms with Crippen LogP contribution in [0.2, 0.25) is 0 Å². The summed E-state index contributed by atoms with van der Waals surface area (Å²) in [7, 11) is 1.60. The van der Waals surface area contributed by atoms with Gasteiger partial charge >= 0.3 is 0 Å². The number of aryl methyl sites for hydroxylation is 2. The molecule has 1 N–H and O–H groups in total. The molecule has 0 aliphatic heterocycles. The fraction of sp³-hybridized carbons (Fsp3) is 0.150. The molecule has 2 aromatic carbocycles. The lowest BCUT2D eigenvalue weighted by molar-refractivity contribution is 0.102. The van der Waals surface area contributed by atoms with E-state index in [9.17, 15) is 4.79 Å². The number of ether oxygens (including phenoxy) is 2. The largest absolute Gasteiger partial charge is 0.493 e. The van der Waals surface area contributed by atoms with E-state index in [-0.39, 0.29) is 5.91 Å². The van der Waals surface area contributed by atoms with Crippen LogP contribution in [-0.2, 0) is 0 Å². The van der Waals surface area contributed by atoms with Crippen LogP contribution in [0.5, 0.6) is 17.2 Å². The van der Waals surface area contributed by atoms with E-state index in [1.54, 1.807) is 44.4 Å². The zero-order valence-corrected chi connectivity index (χ0v) is 14.3. The molecule has 0 saturated heterocycles. The Bertz CT molecular complexity index is 881. The van der Waals surface area contributed by atoms with Crippen LogP contribution in [0, 0.1) is 13.8 Å². The number of amides is 1. The first-order chi connectivity index (χ1) is 12.1. The van der Waals surface area contributed by atoms with Crippen molar-refractivity contribution in [2.24, 2.45) is 0 Å². The Morgan fingerprint density at radius 3 is 2.28 bits per heavy atom. The van der Waals surface area contributed by atoms with Gasteiger partial charge in [-0.05, 0) is 56.3 Å². The maximum atomic E-state index is 12.3. The van der Waals surface area contributed by atoms with E-state index >= 15 is 0 Å². The van der Waals surface area contributed by atoms with Crippen molar-refractivity contribution in [2.45, 2.75) is 13.8 Å². The highest BCUT2D eigenvalue weighted by Crippen LogP contribution is 2.31. The second-order valence-corrected chi connectivity index (χ2v) is 5.56. The van der Waals surface area contributed by atoms with Crippen molar-refractivity contribution in [3.05, 3.63) is 71.7 Å². The number of benzene rings is 2. The van der Waals surface area contributed by atoms with Gasteiger partial charge in [0.05, 0.1) is 12.7 Å². The Morgan fingerprint density at radius 1 is 1.00 bits per heavy atom. The van der Waals surface area contributed by atoms with Crippen molar-refractivity contribution in [3.8, 4) is 17.2 Å². The molecular formula is C20H19NO4. The number of rotatable bonds is 5. The van der Waals surface area contributed by atoms with Crippen LogP contribution in [0.3, 0.4) is 0 Å². The number of nitrogens with one attached hydrogen (secondary N) is 1. The molecular weight excluding hydrogens is 318 g/mol. The van der Waals surface area contributed by atoms with Gasteiger partial charge in [0.25, 0.3) is 5.91 Å². The molecule has 3 aromatic rings. The predicted octanol–water partition coefficient (Wildman–Crippen LogP) is 4.95. The van der Waals surface area contributed by atoms with Gasteiger partial charge in [-0.15, -0.1) is 0 Å². The Balaban J connectivity index is 1.70. The number of carbonyl (C=O) groups excluding carboxylic acids is 1. The maximum Gasteiger partial charge on any atom is 0.259 e. The first-order valence-corrected chi connectivity index (χ1v) is 7.86. The molecule has 1 amide bonds. The molecule has 5 nitrogen and oxygen atoms in total. The fourth-order valence-electron chi connectivity index (χ4n) is 2.49. The Morgan fingerprint density at radius 2 is 1.68 bits per heavy atom. The van der Waals surface area contributed by atoms with E-state index < -0.39 is 0 Å². The number of furan rings is 1. The molecule has 3 rings (SSSR count). The minimum absolute atomic E-state index is 0.201. The normalized spacial score (nSPS) is 10.4. The van der Waals surface area contributed by atoms with Crippen LogP contribution in [0.4, 0.5) is 5.69 Å². The van der Waals surface area contributed by atoms with Crippen LogP contribution < -0.4 is 14.8 Å². The van der Waals surface area contributed by atoms with Gasteiger partial charge in [-0.3, -0.25) is 4.79 Å². The lowest BCUT2D eigenvalue weighted by Crippen LogP contribution is -2.11. The van der Waals surface area contributed by atoms with Gasteiger partial charge in [-0.2, -0.15) is 0 Å². The van der Waals surface area contributed by atoms with Crippen molar-refractivity contribution in [2.75, 3.05) is 12.4 Å². The second-order valence-electron chi connectivity index (χ2n) is 5.56. The predicted molar refractivity (Wildman–Crippen MR) is 95.6 cm³/mol. The minimum Gasteiger partial charge on any atom is -0.493 e. The highest BCUT2D eigenvalue weighted by molar-refractivity contribution is 6.05. The summed E-state index contributed by atoms with van der Waals surface area (Å²) < 4.78 is 16.5. The van der Waals surface area contributed by atoms with E-state index in [0.29, 0.717) is 40.0 Å². The van der Waals surface area contributed by atoms with Crippen molar-refractivity contribution in [1.82, 2.24) is 0 Å². The van der Waals surface area contributed by atoms with Crippen molar-refractivity contribution >= 4 is 11.6 Å². The summed E-state index contributed by atoms with van der Waals surface area (Å²) in [5.41, 5.74) is 1.21. The number of anilines is 1. The lowest BCUT2D eigenvalue weighted by atomic mass is 10.2. The third-order valence-electron chi connectivity index (χ3n) is 3.69. The number of hydrogen-bond acceptors (Lipinski definition) is 4. The molecule has 0 bridgehead atoms. The third-order valence-corrected chi connectivity index (χ3v) is 3.69. The van der Waals surface area contributed by atoms with E-state index in [0.717, 1.165) is 0 Å². The average Bonchev–Trinajstić information content (AvgIpc) is 2.95. The molecule has 1 aromatic heterocycles. The summed E-state index contributed by atoms with van der Waals surface area (Å²) in [6.07, 6.45) is 0. The molecule has 128 valence electrons. The molecule has 1 heterocycles. The topological polar surface area (TPSA) is 60.7 Å². The number of methoxy groups -OCH3 is 1. The monoisotopic (exact) mass is 337 g/mol. The highest BCUT2D eigenvalue weighted by Gasteiger charge is 2.13. The van der Waals surface area contributed by atoms with Gasteiger partial charge in [0, 0.05) is 5.69 Å². The number of para-hydroxylation sites is 2. The molecule has 0 fully saturated rings. The van der Waals surface area contributed by atoms with Gasteiger partial charge < -0.3 is 19.2 Å². The molecule has 0 aliphatic rings. The summed E-state index contributed by atoms with van der Waals surface area (Å²) in [4.78, 5) is 12.3. The second kappa shape index (κ2) is 7.13. The molecule has 0 saturated carbocycles. The summed E-state index contributed by atoms with van der Waals surface area (Å²) in [5, 5.41) is 2.85. The van der Waals surface area contributed by atoms with Crippen LogP contribution >= 0.6 is 0 Å². The Kier molecular flexibility index (Phi) is 4.75. The third kappa shape index (κ3) is 3.83. The summed E-state index contributed by atoms with van der Waals surface area (Å²) in [5.74, 6) is 3.05. The number of carbonyl (C=O) groups is 1. The van der Waals surface area contributed by atoms with Gasteiger partial charge in [-0.1, -0.05) is 12.1 Å². The van der Waals surface area contributed by atoms with Gasteiger partial charge in [-0.25, -0.2) is 0 Å². The molecule has 0 spiro atoms. The first kappa shape index (κ1) is 16.6. The summed E-state index contributed by atoms with van der Waals surface area (Å²) in [6.45, 7) is 3.58. The van der Waals surface area contributed by atoms with Crippen LogP contribution in [0.25, 0.3) is 0 Å². The van der Waals surface area contributed by atoms with Crippen LogP contribution in [0.15, 0.2) is 59.0 Å². The average molecular weight is 337 g/mol. The van der Waals surface area contributed by atoms with E-state index in [1.165, 1.54) is 0 Å². The van der Waals surface area contributed by atoms with Gasteiger partial charge in [0.2, 0.25) is 0 Å². The van der Waals surface area contributed by atoms with E-state index in [1.807, 2.05) is 31.2 Å². The molecule has 0 unspecified atom stereocenters. The van der Waals surface area contributed by atoms with Crippen molar-refractivity contribution in [3.63, 3.8) is 0 Å². The number of hydrogen-bond donors (Lipinski definition) is 1. The van der Waals surface area contributed by atoms with Crippen molar-refractivity contribution < 1.29 is 18.7 Å². The van der Waals surface area contributed by atoms with Gasteiger partial charge in [0.1, 0.15) is 17.3 Å². The van der Waals surface area contributed by atoms with Crippen LogP contribution in [0.1, 0.15) is 21.9 Å². The quantitative estimate of drug-likeness (QED) is 0.715. The molecule has 25 heavy (non-hydrogen) atoms. The fourth-order valence-corrected chi connectivity index (χ4v) is 2.49. The zero-order valence-electron chi connectivity index (χ0n) is 14.3. The smallest absolute Gasteiger partial charge is 0.259 e. The van der Waals surface area contributed by atoms with Gasteiger partial charge in [0.15, 0.2) is 11.5 Å². The first-order valence-electron chi connectivity index (χ1n) is 7.86. The molecule has 5 heteroatoms.